The smallest absolute Gasteiger partial charge is 0.329 e. The topological polar surface area (TPSA) is 56.5 Å². The van der Waals surface area contributed by atoms with E-state index in [1.54, 1.807) is 21.1 Å². The van der Waals surface area contributed by atoms with Gasteiger partial charge in [0.2, 0.25) is 5.91 Å². The first-order chi connectivity index (χ1) is 13.0. The van der Waals surface area contributed by atoms with Gasteiger partial charge in [0.05, 0.1) is 17.6 Å². The quantitative estimate of drug-likeness (QED) is 0.645. The fraction of sp³-hybridized carbons (Fsp3) is 0.333. The van der Waals surface area contributed by atoms with E-state index in [4.69, 9.17) is 4.74 Å². The van der Waals surface area contributed by atoms with Crippen molar-refractivity contribution in [1.29, 1.82) is 0 Å². The number of ether oxygens (including phenoxy) is 1. The zero-order chi connectivity index (χ0) is 19.4. The van der Waals surface area contributed by atoms with E-state index in [0.29, 0.717) is 19.7 Å². The molecule has 0 atom stereocenters. The van der Waals surface area contributed by atoms with Crippen LogP contribution in [-0.2, 0) is 17.9 Å². The average molecular weight is 367 g/mol. The molecule has 27 heavy (non-hydrogen) atoms. The minimum Gasteiger partial charge on any atom is -0.492 e. The summed E-state index contributed by atoms with van der Waals surface area (Å²) in [6.07, 6.45) is 0. The molecular formula is C21H25N3O3. The van der Waals surface area contributed by atoms with Gasteiger partial charge in [0.25, 0.3) is 0 Å². The zero-order valence-electron chi connectivity index (χ0n) is 16.0. The molecule has 0 spiro atoms. The molecule has 0 N–H and O–H groups in total. The highest BCUT2D eigenvalue weighted by molar-refractivity contribution is 5.80. The van der Waals surface area contributed by atoms with Crippen LogP contribution < -0.4 is 10.4 Å². The second-order valence-corrected chi connectivity index (χ2v) is 6.58. The fourth-order valence-electron chi connectivity index (χ4n) is 3.05. The van der Waals surface area contributed by atoms with Gasteiger partial charge in [-0.1, -0.05) is 29.8 Å². The lowest BCUT2D eigenvalue weighted by molar-refractivity contribution is -0.130. The number of imidazole rings is 1. The summed E-state index contributed by atoms with van der Waals surface area (Å²) in [4.78, 5) is 26.8. The first-order valence-corrected chi connectivity index (χ1v) is 9.12. The van der Waals surface area contributed by atoms with Gasteiger partial charge in [-0.25, -0.2) is 4.79 Å². The molecule has 0 saturated heterocycles. The predicted octanol–water partition coefficient (Wildman–Crippen LogP) is 2.67. The van der Waals surface area contributed by atoms with Gasteiger partial charge in [-0.2, -0.15) is 0 Å². The van der Waals surface area contributed by atoms with Crippen molar-refractivity contribution >= 4 is 16.9 Å². The van der Waals surface area contributed by atoms with Gasteiger partial charge in [0, 0.05) is 13.6 Å². The molecule has 1 heterocycles. The molecule has 1 amide bonds. The van der Waals surface area contributed by atoms with Crippen molar-refractivity contribution in [2.24, 2.45) is 0 Å². The van der Waals surface area contributed by atoms with Crippen LogP contribution in [0, 0.1) is 6.92 Å². The van der Waals surface area contributed by atoms with Gasteiger partial charge in [-0.15, -0.1) is 0 Å². The van der Waals surface area contributed by atoms with E-state index in [-0.39, 0.29) is 18.1 Å². The van der Waals surface area contributed by atoms with Gasteiger partial charge in [-0.3, -0.25) is 13.9 Å². The van der Waals surface area contributed by atoms with E-state index in [9.17, 15) is 9.59 Å². The van der Waals surface area contributed by atoms with Gasteiger partial charge >= 0.3 is 5.69 Å². The zero-order valence-corrected chi connectivity index (χ0v) is 16.0. The maximum Gasteiger partial charge on any atom is 0.329 e. The SMILES string of the molecule is CCn1c(=O)n(CC(=O)N(C)CCOc2ccc(C)cc2)c2ccccc21. The highest BCUT2D eigenvalue weighted by Gasteiger charge is 2.16. The van der Waals surface area contributed by atoms with Crippen LogP contribution in [-0.4, -0.2) is 40.1 Å². The third-order valence-electron chi connectivity index (χ3n) is 4.68. The van der Waals surface area contributed by atoms with Crippen molar-refractivity contribution in [3.05, 3.63) is 64.6 Å². The van der Waals surface area contributed by atoms with Gasteiger partial charge in [0.1, 0.15) is 18.9 Å². The summed E-state index contributed by atoms with van der Waals surface area (Å²) in [5.74, 6) is 0.660. The highest BCUT2D eigenvalue weighted by Crippen LogP contribution is 2.13. The first-order valence-electron chi connectivity index (χ1n) is 9.12. The summed E-state index contributed by atoms with van der Waals surface area (Å²) in [7, 11) is 1.73. The van der Waals surface area contributed by atoms with E-state index in [0.717, 1.165) is 16.8 Å². The number of aromatic nitrogens is 2. The summed E-state index contributed by atoms with van der Waals surface area (Å²) in [6.45, 7) is 5.39. The molecule has 0 bridgehead atoms. The maximum absolute atomic E-state index is 12.6. The number of carbonyl (C=O) groups excluding carboxylic acids is 1. The molecule has 3 rings (SSSR count). The third kappa shape index (κ3) is 4.05. The predicted molar refractivity (Wildman–Crippen MR) is 106 cm³/mol. The molecule has 1 aromatic heterocycles. The average Bonchev–Trinajstić information content (AvgIpc) is 2.94. The van der Waals surface area contributed by atoms with Gasteiger partial charge in [0.15, 0.2) is 0 Å². The fourth-order valence-corrected chi connectivity index (χ4v) is 3.05. The third-order valence-corrected chi connectivity index (χ3v) is 4.68. The van der Waals surface area contributed by atoms with E-state index in [2.05, 4.69) is 0 Å². The van der Waals surface area contributed by atoms with Crippen molar-refractivity contribution in [2.45, 2.75) is 26.9 Å². The lowest BCUT2D eigenvalue weighted by atomic mass is 10.2. The number of fused-ring (bicyclic) bond motifs is 1. The Morgan fingerprint density at radius 1 is 1.04 bits per heavy atom. The minimum atomic E-state index is -0.156. The Kier molecular flexibility index (Phi) is 5.64. The monoisotopic (exact) mass is 367 g/mol. The lowest BCUT2D eigenvalue weighted by Gasteiger charge is -2.18. The molecule has 0 radical (unpaired) electrons. The number of rotatable bonds is 7. The number of carbonyl (C=O) groups is 1. The van der Waals surface area contributed by atoms with Crippen LogP contribution in [0.1, 0.15) is 12.5 Å². The molecule has 0 saturated carbocycles. The molecule has 6 heteroatoms. The van der Waals surface area contributed by atoms with Crippen LogP contribution in [0.3, 0.4) is 0 Å². The maximum atomic E-state index is 12.6. The second-order valence-electron chi connectivity index (χ2n) is 6.58. The Labute approximate surface area is 158 Å². The number of aryl methyl sites for hydroxylation is 2. The van der Waals surface area contributed by atoms with E-state index in [1.165, 1.54) is 5.56 Å². The Bertz CT molecular complexity index is 986. The van der Waals surface area contributed by atoms with Crippen LogP contribution in [0.4, 0.5) is 0 Å². The molecule has 0 unspecified atom stereocenters. The van der Waals surface area contributed by atoms with E-state index >= 15 is 0 Å². The number of amides is 1. The van der Waals surface area contributed by atoms with Crippen LogP contribution >= 0.6 is 0 Å². The molecule has 6 nitrogen and oxygen atoms in total. The van der Waals surface area contributed by atoms with Gasteiger partial charge < -0.3 is 9.64 Å². The highest BCUT2D eigenvalue weighted by atomic mass is 16.5. The van der Waals surface area contributed by atoms with Gasteiger partial charge in [-0.05, 0) is 38.1 Å². The summed E-state index contributed by atoms with van der Waals surface area (Å²) >= 11 is 0. The number of hydrogen-bond donors (Lipinski definition) is 0. The molecular weight excluding hydrogens is 342 g/mol. The molecule has 3 aromatic rings. The van der Waals surface area contributed by atoms with Crippen LogP contribution in [0.15, 0.2) is 53.3 Å². The Morgan fingerprint density at radius 3 is 2.30 bits per heavy atom. The van der Waals surface area contributed by atoms with Crippen LogP contribution in [0.5, 0.6) is 5.75 Å². The first kappa shape index (κ1) is 18.8. The van der Waals surface area contributed by atoms with Crippen molar-refractivity contribution in [1.82, 2.24) is 14.0 Å². The Morgan fingerprint density at radius 2 is 1.67 bits per heavy atom. The molecule has 0 aliphatic rings. The number of nitrogens with zero attached hydrogens (tertiary/aromatic N) is 3. The number of benzene rings is 2. The Balaban J connectivity index is 1.65. The molecule has 0 aliphatic heterocycles. The van der Waals surface area contributed by atoms with Crippen molar-refractivity contribution in [2.75, 3.05) is 20.2 Å². The Hall–Kier alpha value is -3.02. The molecule has 0 aliphatic carbocycles. The summed E-state index contributed by atoms with van der Waals surface area (Å²) < 4.78 is 8.90. The molecule has 2 aromatic carbocycles. The van der Waals surface area contributed by atoms with E-state index < -0.39 is 0 Å². The van der Waals surface area contributed by atoms with Crippen molar-refractivity contribution < 1.29 is 9.53 Å². The van der Waals surface area contributed by atoms with Crippen LogP contribution in [0.2, 0.25) is 0 Å². The molecule has 142 valence electrons. The van der Waals surface area contributed by atoms with Crippen molar-refractivity contribution in [3.63, 3.8) is 0 Å². The summed E-state index contributed by atoms with van der Waals surface area (Å²) in [5.41, 5.74) is 2.65. The van der Waals surface area contributed by atoms with Crippen LogP contribution in [0.25, 0.3) is 11.0 Å². The largest absolute Gasteiger partial charge is 0.492 e. The lowest BCUT2D eigenvalue weighted by Crippen LogP contribution is -2.36. The molecule has 0 fully saturated rings. The minimum absolute atomic E-state index is 0.0212. The van der Waals surface area contributed by atoms with Crippen molar-refractivity contribution in [3.8, 4) is 5.75 Å². The number of likely N-dealkylation sites (N-methyl/N-ethyl adjacent to an activating group) is 1. The van der Waals surface area contributed by atoms with E-state index in [1.807, 2.05) is 62.4 Å². The normalized spacial score (nSPS) is 10.9. The number of para-hydroxylation sites is 2. The number of hydrogen-bond acceptors (Lipinski definition) is 3. The standard InChI is InChI=1S/C21H25N3O3/c1-4-23-18-7-5-6-8-19(18)24(21(23)26)15-20(25)22(3)13-14-27-17-11-9-16(2)10-12-17/h5-12H,4,13-15H2,1-3H3. The summed E-state index contributed by atoms with van der Waals surface area (Å²) in [5, 5.41) is 0. The second kappa shape index (κ2) is 8.12. The summed E-state index contributed by atoms with van der Waals surface area (Å²) in [6, 6.07) is 15.3.